The zero-order valence-corrected chi connectivity index (χ0v) is 30.3. The number of amides is 6. The number of aliphatic hydroxyl groups is 1. The minimum absolute atomic E-state index is 0.127. The minimum atomic E-state index is -1.53. The van der Waals surface area contributed by atoms with E-state index in [-0.39, 0.29) is 37.8 Å². The van der Waals surface area contributed by atoms with Crippen molar-refractivity contribution in [1.82, 2.24) is 31.6 Å². The SMILES string of the molecule is COC(=O)[C@@H](NC(=O)CN(C)OCC[C@H](NC(=O)[C@H](C)NC(=O)[C@@H](N)CC(C)C)C(=O)N[C@@H](CO)C(=O)N[C@@H](CCCCN)C(N)=O)C(C)C. The van der Waals surface area contributed by atoms with Gasteiger partial charge in [0, 0.05) is 13.5 Å². The Hall–Kier alpha value is -3.91. The molecule has 0 aliphatic heterocycles. The standard InChI is InChI=1S/C31H59N9O10/c1-17(2)14-20(33)28(45)35-19(5)27(44)37-22(11-13-50-40(6)15-24(42)39-25(18(3)4)31(48)49-7)29(46)38-23(16-41)30(47)36-21(26(34)43)10-8-9-12-32/h17-23,25,41H,8-16,32-33H2,1-7H3,(H2,34,43)(H,35,45)(H,36,47)(H,37,44)(H,38,46)(H,39,42)/t19-,20-,21-,22-,23-,25-/m0/s1. The Kier molecular flexibility index (Phi) is 22.4. The monoisotopic (exact) mass is 717 g/mol. The largest absolute Gasteiger partial charge is 0.467 e. The van der Waals surface area contributed by atoms with E-state index in [2.05, 4.69) is 26.6 Å². The van der Waals surface area contributed by atoms with Gasteiger partial charge in [-0.25, -0.2) is 4.79 Å². The summed E-state index contributed by atoms with van der Waals surface area (Å²) in [7, 11) is 2.64. The summed E-state index contributed by atoms with van der Waals surface area (Å²) in [6.45, 7) is 7.62. The molecular formula is C31H59N9O10. The molecule has 0 aromatic rings. The van der Waals surface area contributed by atoms with Crippen molar-refractivity contribution >= 4 is 41.4 Å². The Bertz CT molecular complexity index is 1120. The van der Waals surface area contributed by atoms with Crippen LogP contribution >= 0.6 is 0 Å². The number of primary amides is 1. The number of nitrogens with two attached hydrogens (primary N) is 3. The van der Waals surface area contributed by atoms with Gasteiger partial charge in [0.1, 0.15) is 36.8 Å². The third kappa shape index (κ3) is 18.2. The van der Waals surface area contributed by atoms with Crippen molar-refractivity contribution in [3.8, 4) is 0 Å². The molecular weight excluding hydrogens is 658 g/mol. The molecule has 0 heterocycles. The predicted molar refractivity (Wildman–Crippen MR) is 182 cm³/mol. The second-order valence-corrected chi connectivity index (χ2v) is 12.7. The molecule has 6 amide bonds. The molecule has 0 aliphatic carbocycles. The molecule has 0 saturated carbocycles. The van der Waals surface area contributed by atoms with Crippen molar-refractivity contribution in [3.63, 3.8) is 0 Å². The van der Waals surface area contributed by atoms with E-state index >= 15 is 0 Å². The number of nitrogens with one attached hydrogen (secondary N) is 5. The van der Waals surface area contributed by atoms with Crippen molar-refractivity contribution < 1.29 is 48.2 Å². The lowest BCUT2D eigenvalue weighted by atomic mass is 10.0. The van der Waals surface area contributed by atoms with Crippen molar-refractivity contribution in [3.05, 3.63) is 0 Å². The highest BCUT2D eigenvalue weighted by molar-refractivity contribution is 5.95. The zero-order chi connectivity index (χ0) is 38.6. The van der Waals surface area contributed by atoms with Gasteiger partial charge < -0.3 is 53.6 Å². The highest BCUT2D eigenvalue weighted by atomic mass is 16.7. The van der Waals surface area contributed by atoms with Crippen LogP contribution in [0.1, 0.15) is 66.7 Å². The van der Waals surface area contributed by atoms with Gasteiger partial charge in [-0.3, -0.25) is 33.6 Å². The first kappa shape index (κ1) is 46.1. The second kappa shape index (κ2) is 24.3. The number of carbonyl (C=O) groups excluding carboxylic acids is 7. The summed E-state index contributed by atoms with van der Waals surface area (Å²) in [4.78, 5) is 93.8. The zero-order valence-electron chi connectivity index (χ0n) is 30.3. The third-order valence-corrected chi connectivity index (χ3v) is 7.39. The van der Waals surface area contributed by atoms with Gasteiger partial charge in [0.25, 0.3) is 0 Å². The van der Waals surface area contributed by atoms with Gasteiger partial charge in [-0.05, 0) is 51.0 Å². The fraction of sp³-hybridized carbons (Fsp3) is 0.774. The minimum Gasteiger partial charge on any atom is -0.467 e. The highest BCUT2D eigenvalue weighted by Crippen LogP contribution is 2.06. The van der Waals surface area contributed by atoms with E-state index in [9.17, 15) is 38.7 Å². The number of esters is 1. The number of carbonyl (C=O) groups is 7. The topological polar surface area (TPSA) is 300 Å². The molecule has 12 N–H and O–H groups in total. The van der Waals surface area contributed by atoms with Crippen LogP contribution in [-0.2, 0) is 43.1 Å². The van der Waals surface area contributed by atoms with E-state index in [0.717, 1.165) is 5.06 Å². The molecule has 0 saturated heterocycles. The molecule has 19 nitrogen and oxygen atoms in total. The number of likely N-dealkylation sites (N-methyl/N-ethyl adjacent to an activating group) is 1. The maximum atomic E-state index is 13.4. The van der Waals surface area contributed by atoms with Crippen LogP contribution in [0.25, 0.3) is 0 Å². The normalized spacial score (nSPS) is 14.9. The summed E-state index contributed by atoms with van der Waals surface area (Å²) >= 11 is 0. The average molecular weight is 718 g/mol. The summed E-state index contributed by atoms with van der Waals surface area (Å²) in [5.74, 6) is -5.21. The van der Waals surface area contributed by atoms with Gasteiger partial charge in [-0.1, -0.05) is 27.7 Å². The van der Waals surface area contributed by atoms with E-state index in [1.165, 1.54) is 21.1 Å². The van der Waals surface area contributed by atoms with E-state index in [1.54, 1.807) is 13.8 Å². The Labute approximate surface area is 293 Å². The molecule has 0 aromatic heterocycles. The number of hydroxylamine groups is 2. The number of nitrogens with zero attached hydrogens (tertiary/aromatic N) is 1. The van der Waals surface area contributed by atoms with Crippen LogP contribution in [0.4, 0.5) is 0 Å². The van der Waals surface area contributed by atoms with Gasteiger partial charge >= 0.3 is 5.97 Å². The Balaban J connectivity index is 5.72. The summed E-state index contributed by atoms with van der Waals surface area (Å²) in [6.07, 6.45) is 1.44. The molecule has 0 unspecified atom stereocenters. The molecule has 50 heavy (non-hydrogen) atoms. The summed E-state index contributed by atoms with van der Waals surface area (Å²) in [5.41, 5.74) is 16.8. The van der Waals surface area contributed by atoms with Crippen LogP contribution in [0, 0.1) is 11.8 Å². The molecule has 19 heteroatoms. The number of methoxy groups -OCH3 is 1. The van der Waals surface area contributed by atoms with Crippen molar-refractivity contribution in [2.24, 2.45) is 29.0 Å². The van der Waals surface area contributed by atoms with Crippen molar-refractivity contribution in [1.29, 1.82) is 0 Å². The van der Waals surface area contributed by atoms with Crippen molar-refractivity contribution in [2.75, 3.05) is 40.5 Å². The molecule has 0 spiro atoms. The van der Waals surface area contributed by atoms with E-state index in [0.29, 0.717) is 25.8 Å². The van der Waals surface area contributed by atoms with Crippen LogP contribution in [0.3, 0.4) is 0 Å². The molecule has 0 aromatic carbocycles. The Morgan fingerprint density at radius 2 is 1.36 bits per heavy atom. The first-order valence-electron chi connectivity index (χ1n) is 16.7. The van der Waals surface area contributed by atoms with E-state index < -0.39 is 84.3 Å². The van der Waals surface area contributed by atoms with Crippen molar-refractivity contribution in [2.45, 2.75) is 103 Å². The molecule has 0 aliphatic rings. The summed E-state index contributed by atoms with van der Waals surface area (Å²) in [6, 6.07) is -6.83. The van der Waals surface area contributed by atoms with Gasteiger partial charge in [-0.2, -0.15) is 5.06 Å². The van der Waals surface area contributed by atoms with Crippen LogP contribution < -0.4 is 43.8 Å². The number of aliphatic hydroxyl groups excluding tert-OH is 1. The molecule has 288 valence electrons. The van der Waals surface area contributed by atoms with Crippen LogP contribution in [0.2, 0.25) is 0 Å². The van der Waals surface area contributed by atoms with Crippen LogP contribution in [-0.4, -0.2) is 128 Å². The Morgan fingerprint density at radius 3 is 1.88 bits per heavy atom. The fourth-order valence-corrected chi connectivity index (χ4v) is 4.50. The maximum Gasteiger partial charge on any atom is 0.328 e. The lowest BCUT2D eigenvalue weighted by Crippen LogP contribution is -2.59. The predicted octanol–water partition coefficient (Wildman–Crippen LogP) is -3.51. The number of unbranched alkanes of at least 4 members (excludes halogenated alkanes) is 1. The molecule has 0 bridgehead atoms. The third-order valence-electron chi connectivity index (χ3n) is 7.39. The van der Waals surface area contributed by atoms with E-state index in [1.807, 2.05) is 13.8 Å². The maximum absolute atomic E-state index is 13.4. The fourth-order valence-electron chi connectivity index (χ4n) is 4.50. The van der Waals surface area contributed by atoms with Crippen LogP contribution in [0.15, 0.2) is 0 Å². The lowest BCUT2D eigenvalue weighted by molar-refractivity contribution is -0.160. The first-order valence-corrected chi connectivity index (χ1v) is 16.7. The average Bonchev–Trinajstić information content (AvgIpc) is 3.03. The molecule has 6 atom stereocenters. The highest BCUT2D eigenvalue weighted by Gasteiger charge is 2.31. The molecule has 0 rings (SSSR count). The lowest BCUT2D eigenvalue weighted by Gasteiger charge is -2.26. The number of rotatable bonds is 25. The second-order valence-electron chi connectivity index (χ2n) is 12.7. The Morgan fingerprint density at radius 1 is 0.780 bits per heavy atom. The molecule has 0 radical (unpaired) electrons. The van der Waals surface area contributed by atoms with Gasteiger partial charge in [0.05, 0.1) is 26.4 Å². The molecule has 0 fully saturated rings. The first-order chi connectivity index (χ1) is 23.4. The quantitative estimate of drug-likeness (QED) is 0.0252. The van der Waals surface area contributed by atoms with Gasteiger partial charge in [-0.15, -0.1) is 0 Å². The van der Waals surface area contributed by atoms with Crippen LogP contribution in [0.5, 0.6) is 0 Å². The summed E-state index contributed by atoms with van der Waals surface area (Å²) in [5, 5.41) is 23.4. The number of hydrogen-bond acceptors (Lipinski definition) is 13. The van der Waals surface area contributed by atoms with E-state index in [4.69, 9.17) is 26.8 Å². The smallest absolute Gasteiger partial charge is 0.328 e. The number of ether oxygens (including phenoxy) is 1. The van der Waals surface area contributed by atoms with Gasteiger partial charge in [0.15, 0.2) is 0 Å². The summed E-state index contributed by atoms with van der Waals surface area (Å²) < 4.78 is 4.72. The van der Waals surface area contributed by atoms with Gasteiger partial charge in [0.2, 0.25) is 35.4 Å². The number of hydrogen-bond donors (Lipinski definition) is 9.